The van der Waals surface area contributed by atoms with Gasteiger partial charge in [0.2, 0.25) is 5.91 Å². The van der Waals surface area contributed by atoms with Crippen LogP contribution in [-0.4, -0.2) is 41.6 Å². The molecule has 1 aromatic heterocycles. The predicted molar refractivity (Wildman–Crippen MR) is 75.6 cm³/mol. The molecule has 0 aromatic carbocycles. The van der Waals surface area contributed by atoms with Crippen molar-refractivity contribution in [2.45, 2.75) is 40.0 Å². The van der Waals surface area contributed by atoms with Crippen molar-refractivity contribution in [2.24, 2.45) is 5.92 Å². The van der Waals surface area contributed by atoms with Crippen molar-refractivity contribution in [2.75, 3.05) is 19.7 Å². The van der Waals surface area contributed by atoms with E-state index in [0.29, 0.717) is 25.5 Å². The predicted octanol–water partition coefficient (Wildman–Crippen LogP) is 1.64. The zero-order chi connectivity index (χ0) is 15.4. The van der Waals surface area contributed by atoms with Gasteiger partial charge in [-0.15, -0.1) is 0 Å². The third-order valence-electron chi connectivity index (χ3n) is 3.90. The summed E-state index contributed by atoms with van der Waals surface area (Å²) in [6, 6.07) is 0. The van der Waals surface area contributed by atoms with Gasteiger partial charge in [-0.2, -0.15) is 0 Å². The van der Waals surface area contributed by atoms with Crippen LogP contribution in [0.25, 0.3) is 0 Å². The van der Waals surface area contributed by atoms with E-state index in [2.05, 4.69) is 5.16 Å². The van der Waals surface area contributed by atoms with Gasteiger partial charge in [0.25, 0.3) is 0 Å². The minimum atomic E-state index is -0.202. The van der Waals surface area contributed by atoms with Crippen LogP contribution in [0.5, 0.6) is 0 Å². The molecule has 0 aliphatic carbocycles. The molecule has 1 aliphatic heterocycles. The third kappa shape index (κ3) is 3.62. The lowest BCUT2D eigenvalue weighted by Crippen LogP contribution is -2.43. The second-order valence-corrected chi connectivity index (χ2v) is 5.41. The molecular weight excluding hydrogens is 272 g/mol. The highest BCUT2D eigenvalue weighted by Gasteiger charge is 2.29. The zero-order valence-electron chi connectivity index (χ0n) is 12.8. The Morgan fingerprint density at radius 2 is 2.19 bits per heavy atom. The number of rotatable bonds is 4. The van der Waals surface area contributed by atoms with Crippen molar-refractivity contribution in [1.82, 2.24) is 10.1 Å². The van der Waals surface area contributed by atoms with Gasteiger partial charge >= 0.3 is 5.97 Å². The lowest BCUT2D eigenvalue weighted by molar-refractivity contribution is -0.151. The molecule has 0 N–H and O–H groups in total. The van der Waals surface area contributed by atoms with Crippen LogP contribution in [0.4, 0.5) is 0 Å². The van der Waals surface area contributed by atoms with Crippen LogP contribution in [0.3, 0.4) is 0 Å². The molecule has 1 saturated heterocycles. The summed E-state index contributed by atoms with van der Waals surface area (Å²) < 4.78 is 10.1. The quantitative estimate of drug-likeness (QED) is 0.789. The normalized spacial score (nSPS) is 18.6. The number of piperidine rings is 1. The SMILES string of the molecule is CCOC(=O)[C@H]1CCCN(C(=O)Cc2c(C)noc2C)C1. The maximum atomic E-state index is 12.4. The first-order chi connectivity index (χ1) is 10.0. The van der Waals surface area contributed by atoms with E-state index in [1.165, 1.54) is 0 Å². The van der Waals surface area contributed by atoms with E-state index in [-0.39, 0.29) is 24.2 Å². The molecule has 2 heterocycles. The highest BCUT2D eigenvalue weighted by atomic mass is 16.5. The van der Waals surface area contributed by atoms with Crippen molar-refractivity contribution in [3.05, 3.63) is 17.0 Å². The molecule has 1 aliphatic rings. The molecule has 2 rings (SSSR count). The number of esters is 1. The van der Waals surface area contributed by atoms with E-state index in [0.717, 1.165) is 24.1 Å². The Morgan fingerprint density at radius 1 is 1.43 bits per heavy atom. The van der Waals surface area contributed by atoms with Crippen molar-refractivity contribution in [1.29, 1.82) is 0 Å². The van der Waals surface area contributed by atoms with Crippen LogP contribution in [0, 0.1) is 19.8 Å². The molecule has 0 saturated carbocycles. The summed E-state index contributed by atoms with van der Waals surface area (Å²) >= 11 is 0. The van der Waals surface area contributed by atoms with Crippen LogP contribution in [-0.2, 0) is 20.7 Å². The molecule has 0 radical (unpaired) electrons. The molecule has 21 heavy (non-hydrogen) atoms. The summed E-state index contributed by atoms with van der Waals surface area (Å²) in [7, 11) is 0. The van der Waals surface area contributed by atoms with Crippen LogP contribution < -0.4 is 0 Å². The maximum Gasteiger partial charge on any atom is 0.310 e. The minimum Gasteiger partial charge on any atom is -0.466 e. The molecule has 6 nitrogen and oxygen atoms in total. The van der Waals surface area contributed by atoms with Gasteiger partial charge in [0, 0.05) is 18.7 Å². The van der Waals surface area contributed by atoms with E-state index in [4.69, 9.17) is 9.26 Å². The average molecular weight is 294 g/mol. The number of hydrogen-bond donors (Lipinski definition) is 0. The molecule has 1 atom stereocenters. The van der Waals surface area contributed by atoms with E-state index < -0.39 is 0 Å². The number of carbonyl (C=O) groups is 2. The second-order valence-electron chi connectivity index (χ2n) is 5.41. The molecule has 0 spiro atoms. The number of amides is 1. The summed E-state index contributed by atoms with van der Waals surface area (Å²) in [5.41, 5.74) is 1.60. The molecule has 116 valence electrons. The van der Waals surface area contributed by atoms with Gasteiger partial charge in [-0.3, -0.25) is 9.59 Å². The highest BCUT2D eigenvalue weighted by molar-refractivity contribution is 5.80. The number of aromatic nitrogens is 1. The summed E-state index contributed by atoms with van der Waals surface area (Å²) in [5.74, 6) is 0.290. The van der Waals surface area contributed by atoms with E-state index in [1.54, 1.807) is 18.7 Å². The first kappa shape index (κ1) is 15.5. The van der Waals surface area contributed by atoms with Gasteiger partial charge in [-0.25, -0.2) is 0 Å². The average Bonchev–Trinajstić information content (AvgIpc) is 2.79. The summed E-state index contributed by atoms with van der Waals surface area (Å²) in [4.78, 5) is 26.0. The number of carbonyl (C=O) groups excluding carboxylic acids is 2. The number of aryl methyl sites for hydroxylation is 2. The van der Waals surface area contributed by atoms with Crippen LogP contribution in [0.1, 0.15) is 36.8 Å². The number of likely N-dealkylation sites (tertiary alicyclic amines) is 1. The lowest BCUT2D eigenvalue weighted by atomic mass is 9.97. The summed E-state index contributed by atoms with van der Waals surface area (Å²) in [6.45, 7) is 6.94. The molecular formula is C15H22N2O4. The van der Waals surface area contributed by atoms with E-state index in [9.17, 15) is 9.59 Å². The fraction of sp³-hybridized carbons (Fsp3) is 0.667. The fourth-order valence-electron chi connectivity index (χ4n) is 2.67. The largest absolute Gasteiger partial charge is 0.466 e. The number of hydrogen-bond acceptors (Lipinski definition) is 5. The molecule has 1 aromatic rings. The molecule has 0 unspecified atom stereocenters. The van der Waals surface area contributed by atoms with Crippen molar-refractivity contribution < 1.29 is 18.8 Å². The maximum absolute atomic E-state index is 12.4. The van der Waals surface area contributed by atoms with Crippen LogP contribution in [0.2, 0.25) is 0 Å². The summed E-state index contributed by atoms with van der Waals surface area (Å²) in [5, 5.41) is 3.86. The zero-order valence-corrected chi connectivity index (χ0v) is 12.8. The van der Waals surface area contributed by atoms with Crippen LogP contribution >= 0.6 is 0 Å². The monoisotopic (exact) mass is 294 g/mol. The van der Waals surface area contributed by atoms with Gasteiger partial charge in [0.1, 0.15) is 5.76 Å². The topological polar surface area (TPSA) is 72.6 Å². The Morgan fingerprint density at radius 3 is 2.81 bits per heavy atom. The highest BCUT2D eigenvalue weighted by Crippen LogP contribution is 2.20. The molecule has 1 amide bonds. The van der Waals surface area contributed by atoms with E-state index >= 15 is 0 Å². The number of nitrogens with zero attached hydrogens (tertiary/aromatic N) is 2. The Balaban J connectivity index is 1.98. The smallest absolute Gasteiger partial charge is 0.310 e. The molecule has 6 heteroatoms. The lowest BCUT2D eigenvalue weighted by Gasteiger charge is -2.31. The van der Waals surface area contributed by atoms with Crippen LogP contribution in [0.15, 0.2) is 4.52 Å². The van der Waals surface area contributed by atoms with E-state index in [1.807, 2.05) is 6.92 Å². The second kappa shape index (κ2) is 6.74. The fourth-order valence-corrected chi connectivity index (χ4v) is 2.67. The first-order valence-corrected chi connectivity index (χ1v) is 7.39. The third-order valence-corrected chi connectivity index (χ3v) is 3.90. The van der Waals surface area contributed by atoms with Crippen molar-refractivity contribution in [3.8, 4) is 0 Å². The minimum absolute atomic E-state index is 0.0124. The van der Waals surface area contributed by atoms with Crippen molar-refractivity contribution in [3.63, 3.8) is 0 Å². The van der Waals surface area contributed by atoms with Gasteiger partial charge in [0.15, 0.2) is 0 Å². The van der Waals surface area contributed by atoms with Gasteiger partial charge in [-0.1, -0.05) is 5.16 Å². The Hall–Kier alpha value is -1.85. The van der Waals surface area contributed by atoms with Gasteiger partial charge in [-0.05, 0) is 33.6 Å². The Labute approximate surface area is 124 Å². The molecule has 0 bridgehead atoms. The Bertz CT molecular complexity index is 504. The standard InChI is InChI=1S/C15H22N2O4/c1-4-20-15(19)12-6-5-7-17(9-12)14(18)8-13-10(2)16-21-11(13)3/h12H,4-9H2,1-3H3/t12-/m0/s1. The van der Waals surface area contributed by atoms with Gasteiger partial charge in [0.05, 0.1) is 24.6 Å². The number of ether oxygens (including phenoxy) is 1. The summed E-state index contributed by atoms with van der Waals surface area (Å²) in [6.07, 6.45) is 1.89. The Kier molecular flexibility index (Phi) is 4.98. The van der Waals surface area contributed by atoms with Crippen molar-refractivity contribution >= 4 is 11.9 Å². The van der Waals surface area contributed by atoms with Gasteiger partial charge < -0.3 is 14.2 Å². The first-order valence-electron chi connectivity index (χ1n) is 7.39. The molecule has 1 fully saturated rings.